The van der Waals surface area contributed by atoms with Crippen LogP contribution in [0.1, 0.15) is 49.4 Å². The number of nitrogens with one attached hydrogen (secondary N) is 1. The molecule has 116 valence electrons. The summed E-state index contributed by atoms with van der Waals surface area (Å²) in [7, 11) is 0. The van der Waals surface area contributed by atoms with E-state index in [0.29, 0.717) is 0 Å². The normalized spacial score (nSPS) is 13.5. The van der Waals surface area contributed by atoms with E-state index in [9.17, 15) is 0 Å². The Morgan fingerprint density at radius 1 is 1.23 bits per heavy atom. The molecule has 0 aliphatic rings. The van der Waals surface area contributed by atoms with Gasteiger partial charge < -0.3 is 5.32 Å². The summed E-state index contributed by atoms with van der Waals surface area (Å²) in [6, 6.07) is 3.96. The van der Waals surface area contributed by atoms with Gasteiger partial charge in [0.15, 0.2) is 11.5 Å². The first-order valence-electron chi connectivity index (χ1n) is 7.26. The smallest absolute Gasteiger partial charge is 0.178 e. The highest BCUT2D eigenvalue weighted by Crippen LogP contribution is 2.24. The van der Waals surface area contributed by atoms with Gasteiger partial charge in [0, 0.05) is 16.5 Å². The average Bonchev–Trinajstić information content (AvgIpc) is 3.03. The molecule has 0 saturated carbocycles. The number of anilines is 1. The van der Waals surface area contributed by atoms with Crippen molar-refractivity contribution in [3.05, 3.63) is 34.0 Å². The molecule has 7 heteroatoms. The van der Waals surface area contributed by atoms with Gasteiger partial charge in [0.1, 0.15) is 10.8 Å². The van der Waals surface area contributed by atoms with Crippen LogP contribution in [0.25, 0.3) is 5.65 Å². The van der Waals surface area contributed by atoms with Crippen LogP contribution in [0.4, 0.5) is 5.82 Å². The molecule has 1 N–H and O–H groups in total. The fourth-order valence-electron chi connectivity index (χ4n) is 2.19. The third-order valence-corrected chi connectivity index (χ3v) is 4.40. The zero-order valence-electron chi connectivity index (χ0n) is 13.5. The zero-order chi connectivity index (χ0) is 15.9. The molecule has 0 aromatic carbocycles. The summed E-state index contributed by atoms with van der Waals surface area (Å²) in [5, 5.41) is 17.5. The molecule has 0 radical (unpaired) electrons. The second kappa shape index (κ2) is 5.31. The van der Waals surface area contributed by atoms with Crippen molar-refractivity contribution in [1.29, 1.82) is 0 Å². The lowest BCUT2D eigenvalue weighted by Gasteiger charge is -2.16. The lowest BCUT2D eigenvalue weighted by atomic mass is 9.96. The molecular formula is C15H20N6S. The number of aryl methyl sites for hydroxylation is 1. The number of aromatic nitrogens is 5. The molecule has 3 heterocycles. The van der Waals surface area contributed by atoms with Gasteiger partial charge in [0.2, 0.25) is 0 Å². The molecule has 0 saturated heterocycles. The van der Waals surface area contributed by atoms with Gasteiger partial charge in [0.05, 0.1) is 6.04 Å². The van der Waals surface area contributed by atoms with Gasteiger partial charge in [-0.15, -0.1) is 26.6 Å². The molecule has 3 aromatic rings. The maximum Gasteiger partial charge on any atom is 0.178 e. The van der Waals surface area contributed by atoms with Crippen molar-refractivity contribution in [2.75, 3.05) is 5.32 Å². The van der Waals surface area contributed by atoms with Gasteiger partial charge in [-0.05, 0) is 26.0 Å². The van der Waals surface area contributed by atoms with E-state index in [-0.39, 0.29) is 11.5 Å². The minimum atomic E-state index is -0.108. The third-order valence-electron chi connectivity index (χ3n) is 3.31. The van der Waals surface area contributed by atoms with Crippen molar-refractivity contribution in [3.63, 3.8) is 0 Å². The van der Waals surface area contributed by atoms with Crippen molar-refractivity contribution in [3.8, 4) is 0 Å². The summed E-state index contributed by atoms with van der Waals surface area (Å²) < 4.78 is 1.81. The molecule has 0 amide bonds. The Bertz CT molecular complexity index is 798. The quantitative estimate of drug-likeness (QED) is 0.802. The maximum atomic E-state index is 4.63. The highest BCUT2D eigenvalue weighted by molar-refractivity contribution is 7.11. The van der Waals surface area contributed by atoms with E-state index in [2.05, 4.69) is 60.2 Å². The number of rotatable bonds is 3. The Kier molecular flexibility index (Phi) is 3.60. The number of fused-ring (bicyclic) bond motifs is 1. The largest absolute Gasteiger partial charge is 0.360 e. The van der Waals surface area contributed by atoms with Gasteiger partial charge in [-0.1, -0.05) is 20.8 Å². The molecule has 0 bridgehead atoms. The SMILES string of the molecule is Cc1cnc(C(C)Nc2ccc3nnc(C(C)(C)C)n3n2)s1. The highest BCUT2D eigenvalue weighted by Gasteiger charge is 2.22. The summed E-state index contributed by atoms with van der Waals surface area (Å²) in [6.45, 7) is 10.5. The maximum absolute atomic E-state index is 4.63. The molecule has 0 aliphatic heterocycles. The van der Waals surface area contributed by atoms with E-state index < -0.39 is 0 Å². The van der Waals surface area contributed by atoms with Crippen LogP contribution in [0.3, 0.4) is 0 Å². The van der Waals surface area contributed by atoms with Gasteiger partial charge >= 0.3 is 0 Å². The molecule has 3 aromatic heterocycles. The summed E-state index contributed by atoms with van der Waals surface area (Å²) in [5.74, 6) is 1.64. The van der Waals surface area contributed by atoms with Crippen molar-refractivity contribution in [1.82, 2.24) is 24.8 Å². The van der Waals surface area contributed by atoms with Crippen LogP contribution in [0, 0.1) is 6.92 Å². The zero-order valence-corrected chi connectivity index (χ0v) is 14.3. The Hall–Kier alpha value is -2.02. The summed E-state index contributed by atoms with van der Waals surface area (Å²) in [4.78, 5) is 5.63. The van der Waals surface area contributed by atoms with Gasteiger partial charge in [-0.25, -0.2) is 4.98 Å². The Labute approximate surface area is 133 Å². The molecule has 0 spiro atoms. The molecule has 1 unspecified atom stereocenters. The predicted molar refractivity (Wildman–Crippen MR) is 88.4 cm³/mol. The van der Waals surface area contributed by atoms with Crippen molar-refractivity contribution >= 4 is 22.8 Å². The number of hydrogen-bond acceptors (Lipinski definition) is 6. The molecule has 3 rings (SSSR count). The molecular weight excluding hydrogens is 296 g/mol. The molecule has 6 nitrogen and oxygen atoms in total. The van der Waals surface area contributed by atoms with Gasteiger partial charge in [-0.3, -0.25) is 0 Å². The van der Waals surface area contributed by atoms with Crippen LogP contribution in [0.15, 0.2) is 18.3 Å². The Morgan fingerprint density at radius 2 is 2.00 bits per heavy atom. The average molecular weight is 316 g/mol. The van der Waals surface area contributed by atoms with E-state index in [0.717, 1.165) is 22.3 Å². The fraction of sp³-hybridized carbons (Fsp3) is 0.467. The lowest BCUT2D eigenvalue weighted by molar-refractivity contribution is 0.527. The van der Waals surface area contributed by atoms with Crippen LogP contribution in [0.2, 0.25) is 0 Å². The van der Waals surface area contributed by atoms with Crippen LogP contribution in [-0.4, -0.2) is 24.8 Å². The van der Waals surface area contributed by atoms with Crippen LogP contribution in [0.5, 0.6) is 0 Å². The van der Waals surface area contributed by atoms with E-state index >= 15 is 0 Å². The second-order valence-electron chi connectivity index (χ2n) is 6.44. The Balaban J connectivity index is 1.91. The van der Waals surface area contributed by atoms with Crippen LogP contribution >= 0.6 is 11.3 Å². The van der Waals surface area contributed by atoms with Crippen LogP contribution in [-0.2, 0) is 5.41 Å². The molecule has 22 heavy (non-hydrogen) atoms. The number of nitrogens with zero attached hydrogens (tertiary/aromatic N) is 5. The summed E-state index contributed by atoms with van der Waals surface area (Å²) in [6.07, 6.45) is 1.90. The van der Waals surface area contributed by atoms with E-state index in [4.69, 9.17) is 0 Å². The topological polar surface area (TPSA) is 68.0 Å². The van der Waals surface area contributed by atoms with E-state index in [1.54, 1.807) is 11.3 Å². The van der Waals surface area contributed by atoms with Crippen molar-refractivity contribution in [2.24, 2.45) is 0 Å². The highest BCUT2D eigenvalue weighted by atomic mass is 32.1. The van der Waals surface area contributed by atoms with E-state index in [1.165, 1.54) is 4.88 Å². The molecule has 0 aliphatic carbocycles. The lowest BCUT2D eigenvalue weighted by Crippen LogP contribution is -2.18. The molecule has 1 atom stereocenters. The van der Waals surface area contributed by atoms with Gasteiger partial charge in [-0.2, -0.15) is 4.52 Å². The van der Waals surface area contributed by atoms with Crippen molar-refractivity contribution < 1.29 is 0 Å². The standard InChI is InChI=1S/C15H20N6S/c1-9-8-16-13(22-9)10(2)17-11-6-7-12-18-19-14(15(3,4)5)21(12)20-11/h6-8,10H,1-5H3,(H,17,20). The fourth-order valence-corrected chi connectivity index (χ4v) is 2.97. The third kappa shape index (κ3) is 2.81. The first-order chi connectivity index (χ1) is 10.3. The van der Waals surface area contributed by atoms with Gasteiger partial charge in [0.25, 0.3) is 0 Å². The van der Waals surface area contributed by atoms with Crippen LogP contribution < -0.4 is 5.32 Å². The summed E-state index contributed by atoms with van der Waals surface area (Å²) in [5.41, 5.74) is 0.650. The monoisotopic (exact) mass is 316 g/mol. The number of hydrogen-bond donors (Lipinski definition) is 1. The van der Waals surface area contributed by atoms with E-state index in [1.807, 2.05) is 22.8 Å². The first-order valence-corrected chi connectivity index (χ1v) is 8.08. The minimum Gasteiger partial charge on any atom is -0.360 e. The summed E-state index contributed by atoms with van der Waals surface area (Å²) >= 11 is 1.69. The minimum absolute atomic E-state index is 0.108. The molecule has 0 fully saturated rings. The Morgan fingerprint density at radius 3 is 2.64 bits per heavy atom. The number of thiazole rings is 1. The van der Waals surface area contributed by atoms with Crippen molar-refractivity contribution in [2.45, 2.75) is 46.1 Å². The predicted octanol–water partition coefficient (Wildman–Crippen LogP) is 3.36. The second-order valence-corrected chi connectivity index (χ2v) is 7.70. The first kappa shape index (κ1) is 14.9.